The molecule has 0 radical (unpaired) electrons. The highest BCUT2D eigenvalue weighted by atomic mass is 15.2. The second-order valence-corrected chi connectivity index (χ2v) is 5.67. The number of nitrogens with one attached hydrogen (secondary N) is 1. The minimum Gasteiger partial charge on any atom is -0.300 e. The second kappa shape index (κ2) is 6.88. The van der Waals surface area contributed by atoms with Gasteiger partial charge in [-0.2, -0.15) is 5.26 Å². The smallest absolute Gasteiger partial charge is 0.145 e. The van der Waals surface area contributed by atoms with Crippen molar-refractivity contribution < 1.29 is 0 Å². The lowest BCUT2D eigenvalue weighted by Crippen LogP contribution is -2.51. The van der Waals surface area contributed by atoms with Gasteiger partial charge in [-0.3, -0.25) is 5.32 Å². The van der Waals surface area contributed by atoms with Crippen LogP contribution in [-0.2, 0) is 5.54 Å². The maximum Gasteiger partial charge on any atom is 0.145 e. The molecule has 20 heavy (non-hydrogen) atoms. The molecule has 2 rings (SSSR count). The fraction of sp³-hybridized carbons (Fsp3) is 0.588. The van der Waals surface area contributed by atoms with Gasteiger partial charge in [0.05, 0.1) is 6.07 Å². The number of nitriles is 1. The zero-order chi connectivity index (χ0) is 14.4. The van der Waals surface area contributed by atoms with Gasteiger partial charge in [-0.15, -0.1) is 0 Å². The predicted molar refractivity (Wildman–Crippen MR) is 82.3 cm³/mol. The van der Waals surface area contributed by atoms with Crippen LogP contribution in [-0.4, -0.2) is 30.6 Å². The minimum absolute atomic E-state index is 0.509. The largest absolute Gasteiger partial charge is 0.300 e. The van der Waals surface area contributed by atoms with Crippen molar-refractivity contribution >= 4 is 0 Å². The van der Waals surface area contributed by atoms with E-state index in [0.717, 1.165) is 31.6 Å². The lowest BCUT2D eigenvalue weighted by atomic mass is 9.90. The standard InChI is InChI=1S/C17H25N3/c1-3-12-20(4-2)14-17(13-18,19-16-10-11-16)15-8-6-5-7-9-15/h5-9,16,19H,3-4,10-12,14H2,1-2H3. The molecule has 0 aromatic heterocycles. The van der Waals surface area contributed by atoms with Crippen LogP contribution in [0.3, 0.4) is 0 Å². The summed E-state index contributed by atoms with van der Waals surface area (Å²) in [5.41, 5.74) is 0.511. The molecule has 0 aliphatic heterocycles. The zero-order valence-corrected chi connectivity index (χ0v) is 12.6. The van der Waals surface area contributed by atoms with Crippen molar-refractivity contribution in [2.75, 3.05) is 19.6 Å². The summed E-state index contributed by atoms with van der Waals surface area (Å²) in [6.45, 7) is 7.14. The van der Waals surface area contributed by atoms with Crippen molar-refractivity contribution in [2.24, 2.45) is 0 Å². The van der Waals surface area contributed by atoms with E-state index >= 15 is 0 Å². The molecule has 0 amide bonds. The molecule has 0 heterocycles. The summed E-state index contributed by atoms with van der Waals surface area (Å²) < 4.78 is 0. The first-order valence-electron chi connectivity index (χ1n) is 7.71. The summed E-state index contributed by atoms with van der Waals surface area (Å²) in [5.74, 6) is 0. The fourth-order valence-electron chi connectivity index (χ4n) is 2.65. The molecule has 3 nitrogen and oxygen atoms in total. The van der Waals surface area contributed by atoms with Crippen LogP contribution in [0.2, 0.25) is 0 Å². The Morgan fingerprint density at radius 1 is 1.30 bits per heavy atom. The molecular weight excluding hydrogens is 246 g/mol. The topological polar surface area (TPSA) is 39.1 Å². The van der Waals surface area contributed by atoms with Crippen LogP contribution in [0.5, 0.6) is 0 Å². The van der Waals surface area contributed by atoms with E-state index in [9.17, 15) is 5.26 Å². The molecule has 1 aliphatic rings. The van der Waals surface area contributed by atoms with Gasteiger partial charge >= 0.3 is 0 Å². The second-order valence-electron chi connectivity index (χ2n) is 5.67. The van der Waals surface area contributed by atoms with Crippen LogP contribution < -0.4 is 5.32 Å². The Hall–Kier alpha value is -1.37. The quantitative estimate of drug-likeness (QED) is 0.790. The number of rotatable bonds is 8. The molecule has 1 aromatic carbocycles. The van der Waals surface area contributed by atoms with E-state index in [1.165, 1.54) is 12.8 Å². The van der Waals surface area contributed by atoms with Gasteiger partial charge in [-0.25, -0.2) is 0 Å². The van der Waals surface area contributed by atoms with Gasteiger partial charge in [-0.1, -0.05) is 44.2 Å². The third-order valence-electron chi connectivity index (χ3n) is 3.93. The predicted octanol–water partition coefficient (Wildman–Crippen LogP) is 2.89. The van der Waals surface area contributed by atoms with E-state index < -0.39 is 5.54 Å². The Kier molecular flexibility index (Phi) is 5.17. The molecule has 1 N–H and O–H groups in total. The van der Waals surface area contributed by atoms with E-state index in [2.05, 4.69) is 42.3 Å². The van der Waals surface area contributed by atoms with E-state index in [1.54, 1.807) is 0 Å². The van der Waals surface area contributed by atoms with Crippen molar-refractivity contribution in [3.63, 3.8) is 0 Å². The maximum absolute atomic E-state index is 9.88. The van der Waals surface area contributed by atoms with Gasteiger partial charge in [0, 0.05) is 12.6 Å². The van der Waals surface area contributed by atoms with Gasteiger partial charge in [-0.05, 0) is 37.9 Å². The lowest BCUT2D eigenvalue weighted by Gasteiger charge is -2.34. The lowest BCUT2D eigenvalue weighted by molar-refractivity contribution is 0.218. The third kappa shape index (κ3) is 3.59. The summed E-state index contributed by atoms with van der Waals surface area (Å²) in [6.07, 6.45) is 3.50. The summed E-state index contributed by atoms with van der Waals surface area (Å²) in [6, 6.07) is 13.3. The molecule has 1 fully saturated rings. The van der Waals surface area contributed by atoms with Gasteiger partial charge in [0.1, 0.15) is 5.54 Å². The van der Waals surface area contributed by atoms with Gasteiger partial charge in [0.15, 0.2) is 0 Å². The molecule has 0 saturated heterocycles. The molecule has 1 aromatic rings. The van der Waals surface area contributed by atoms with E-state index in [1.807, 2.05) is 18.2 Å². The average Bonchev–Trinajstić information content (AvgIpc) is 3.30. The zero-order valence-electron chi connectivity index (χ0n) is 12.6. The van der Waals surface area contributed by atoms with Crippen LogP contribution >= 0.6 is 0 Å². The van der Waals surface area contributed by atoms with E-state index in [0.29, 0.717) is 6.04 Å². The third-order valence-corrected chi connectivity index (χ3v) is 3.93. The monoisotopic (exact) mass is 271 g/mol. The Balaban J connectivity index is 2.24. The summed E-state index contributed by atoms with van der Waals surface area (Å²) in [7, 11) is 0. The highest BCUT2D eigenvalue weighted by Gasteiger charge is 2.39. The van der Waals surface area contributed by atoms with Crippen molar-refractivity contribution in [2.45, 2.75) is 44.7 Å². The summed E-state index contributed by atoms with van der Waals surface area (Å²) in [4.78, 5) is 2.37. The van der Waals surface area contributed by atoms with E-state index in [-0.39, 0.29) is 0 Å². The first-order chi connectivity index (χ1) is 9.74. The van der Waals surface area contributed by atoms with Crippen molar-refractivity contribution in [1.29, 1.82) is 5.26 Å². The number of hydrogen-bond acceptors (Lipinski definition) is 3. The molecule has 0 bridgehead atoms. The highest BCUT2D eigenvalue weighted by molar-refractivity contribution is 5.32. The molecule has 1 saturated carbocycles. The maximum atomic E-state index is 9.88. The van der Waals surface area contributed by atoms with Gasteiger partial charge in [0.25, 0.3) is 0 Å². The van der Waals surface area contributed by atoms with Crippen molar-refractivity contribution in [1.82, 2.24) is 10.2 Å². The average molecular weight is 271 g/mol. The normalized spacial score (nSPS) is 17.7. The van der Waals surface area contributed by atoms with Crippen molar-refractivity contribution in [3.8, 4) is 6.07 Å². The SMILES string of the molecule is CCCN(CC)CC(C#N)(NC1CC1)c1ccccc1. The minimum atomic E-state index is -0.576. The Bertz CT molecular complexity index is 447. The van der Waals surface area contributed by atoms with Crippen LogP contribution in [0.25, 0.3) is 0 Å². The number of nitrogens with zero attached hydrogens (tertiary/aromatic N) is 2. The van der Waals surface area contributed by atoms with E-state index in [4.69, 9.17) is 0 Å². The molecule has 1 atom stereocenters. The fourth-order valence-corrected chi connectivity index (χ4v) is 2.65. The van der Waals surface area contributed by atoms with Crippen LogP contribution in [0.1, 0.15) is 38.7 Å². The highest BCUT2D eigenvalue weighted by Crippen LogP contribution is 2.29. The van der Waals surface area contributed by atoms with Gasteiger partial charge < -0.3 is 4.90 Å². The first-order valence-corrected chi connectivity index (χ1v) is 7.71. The number of hydrogen-bond donors (Lipinski definition) is 1. The summed E-state index contributed by atoms with van der Waals surface area (Å²) >= 11 is 0. The summed E-state index contributed by atoms with van der Waals surface area (Å²) in [5, 5.41) is 13.5. The Morgan fingerprint density at radius 3 is 2.50 bits per heavy atom. The van der Waals surface area contributed by atoms with Crippen LogP contribution in [0.4, 0.5) is 0 Å². The first kappa shape index (κ1) is 15.0. The van der Waals surface area contributed by atoms with Crippen molar-refractivity contribution in [3.05, 3.63) is 35.9 Å². The molecule has 0 spiro atoms. The van der Waals surface area contributed by atoms with Crippen LogP contribution in [0.15, 0.2) is 30.3 Å². The Morgan fingerprint density at radius 2 is 2.00 bits per heavy atom. The molecule has 3 heteroatoms. The molecule has 108 valence electrons. The Labute approximate surface area is 122 Å². The number of benzene rings is 1. The molecular formula is C17H25N3. The molecule has 1 aliphatic carbocycles. The van der Waals surface area contributed by atoms with Crippen LogP contribution in [0, 0.1) is 11.3 Å². The number of likely N-dealkylation sites (N-methyl/N-ethyl adjacent to an activating group) is 1. The molecule has 1 unspecified atom stereocenters. The van der Waals surface area contributed by atoms with Gasteiger partial charge in [0.2, 0.25) is 0 Å².